The van der Waals surface area contributed by atoms with Gasteiger partial charge in [0.05, 0.1) is 12.0 Å². The molecule has 0 spiro atoms. The van der Waals surface area contributed by atoms with Crippen molar-refractivity contribution in [2.24, 2.45) is 5.92 Å². The van der Waals surface area contributed by atoms with Gasteiger partial charge in [0.1, 0.15) is 5.82 Å². The summed E-state index contributed by atoms with van der Waals surface area (Å²) in [5.41, 5.74) is 0.956. The van der Waals surface area contributed by atoms with Gasteiger partial charge in [0.15, 0.2) is 0 Å². The number of nitrogens with one attached hydrogen (secondary N) is 2. The minimum Gasteiger partial charge on any atom is -0.338 e. The van der Waals surface area contributed by atoms with Crippen LogP contribution in [-0.4, -0.2) is 38.9 Å². The van der Waals surface area contributed by atoms with Gasteiger partial charge in [0.25, 0.3) is 0 Å². The molecule has 0 saturated carbocycles. The number of amides is 2. The number of likely N-dealkylation sites (tertiary alicyclic amines) is 1. The fourth-order valence-electron chi connectivity index (χ4n) is 3.13. The normalized spacial score (nSPS) is 20.9. The molecule has 0 bridgehead atoms. The van der Waals surface area contributed by atoms with Crippen molar-refractivity contribution in [3.05, 3.63) is 41.7 Å². The third-order valence-corrected chi connectivity index (χ3v) is 4.44. The van der Waals surface area contributed by atoms with Crippen LogP contribution in [0.2, 0.25) is 0 Å². The van der Waals surface area contributed by atoms with Gasteiger partial charge in [-0.3, -0.25) is 20.0 Å². The lowest BCUT2D eigenvalue weighted by atomic mass is 9.84. The van der Waals surface area contributed by atoms with E-state index in [0.717, 1.165) is 17.8 Å². The molecule has 0 radical (unpaired) electrons. The molecule has 7 nitrogen and oxygen atoms in total. The Hall–Kier alpha value is -2.70. The zero-order valence-electron chi connectivity index (χ0n) is 13.8. The van der Waals surface area contributed by atoms with E-state index in [0.29, 0.717) is 12.8 Å². The molecule has 2 N–H and O–H groups in total. The van der Waals surface area contributed by atoms with Crippen LogP contribution in [0.25, 0.3) is 0 Å². The number of carbonyl (C=O) groups is 2. The van der Waals surface area contributed by atoms with Crippen LogP contribution >= 0.6 is 0 Å². The summed E-state index contributed by atoms with van der Waals surface area (Å²) >= 11 is 0. The van der Waals surface area contributed by atoms with Crippen molar-refractivity contribution in [3.63, 3.8) is 0 Å². The molecule has 1 aromatic carbocycles. The number of hydrogen-bond acceptors (Lipinski definition) is 4. The number of benzene rings is 1. The lowest BCUT2D eigenvalue weighted by molar-refractivity contribution is -0.140. The lowest BCUT2D eigenvalue weighted by Crippen LogP contribution is -2.44. The molecule has 2 amide bonds. The highest BCUT2D eigenvalue weighted by Crippen LogP contribution is 2.36. The molecule has 1 aliphatic rings. The van der Waals surface area contributed by atoms with Crippen LogP contribution in [0.5, 0.6) is 0 Å². The molecule has 7 heteroatoms. The standard InChI is InChI=1S/C17H21N5O2/c1-3-13-18-17(21-20-13)19-16(24)12-9-10-14(23)22(2)15(12)11-7-5-4-6-8-11/h4-8,12,15H,3,9-10H2,1-2H3,(H2,18,19,20,21,24)/t12-,15+/m1/s1. The van der Waals surface area contributed by atoms with E-state index in [9.17, 15) is 9.59 Å². The third kappa shape index (κ3) is 3.15. The van der Waals surface area contributed by atoms with Crippen molar-refractivity contribution in [3.8, 4) is 0 Å². The minimum atomic E-state index is -0.335. The molecule has 2 heterocycles. The van der Waals surface area contributed by atoms with Gasteiger partial charge in [-0.1, -0.05) is 37.3 Å². The van der Waals surface area contributed by atoms with Gasteiger partial charge in [-0.15, -0.1) is 5.10 Å². The molecule has 2 atom stereocenters. The molecule has 1 aliphatic heterocycles. The van der Waals surface area contributed by atoms with E-state index in [4.69, 9.17) is 0 Å². The predicted octanol–water partition coefficient (Wildman–Crippen LogP) is 1.92. The van der Waals surface area contributed by atoms with Gasteiger partial charge >= 0.3 is 0 Å². The first-order valence-corrected chi connectivity index (χ1v) is 8.13. The number of aryl methyl sites for hydroxylation is 1. The van der Waals surface area contributed by atoms with Crippen LogP contribution in [-0.2, 0) is 16.0 Å². The highest BCUT2D eigenvalue weighted by molar-refractivity contribution is 5.93. The Morgan fingerprint density at radius 1 is 1.38 bits per heavy atom. The van der Waals surface area contributed by atoms with Crippen molar-refractivity contribution >= 4 is 17.8 Å². The molecule has 1 fully saturated rings. The van der Waals surface area contributed by atoms with Crippen molar-refractivity contribution in [2.75, 3.05) is 12.4 Å². The maximum atomic E-state index is 12.8. The van der Waals surface area contributed by atoms with Crippen molar-refractivity contribution < 1.29 is 9.59 Å². The summed E-state index contributed by atoms with van der Waals surface area (Å²) in [6, 6.07) is 9.37. The monoisotopic (exact) mass is 327 g/mol. The van der Waals surface area contributed by atoms with Gasteiger partial charge in [-0.2, -0.15) is 4.98 Å². The Morgan fingerprint density at radius 2 is 2.12 bits per heavy atom. The zero-order chi connectivity index (χ0) is 17.1. The summed E-state index contributed by atoms with van der Waals surface area (Å²) in [5.74, 6) is 0.562. The van der Waals surface area contributed by atoms with E-state index in [2.05, 4.69) is 20.5 Å². The van der Waals surface area contributed by atoms with Crippen LogP contribution in [0.1, 0.15) is 37.2 Å². The van der Waals surface area contributed by atoms with Crippen LogP contribution in [0, 0.1) is 5.92 Å². The Labute approximate surface area is 140 Å². The van der Waals surface area contributed by atoms with Gasteiger partial charge < -0.3 is 4.90 Å². The summed E-state index contributed by atoms with van der Waals surface area (Å²) in [6.07, 6.45) is 1.60. The highest BCUT2D eigenvalue weighted by Gasteiger charge is 2.39. The SMILES string of the molecule is CCc1nc(NC(=O)[C@@H]2CCC(=O)N(C)[C@H]2c2ccccc2)n[nH]1. The van der Waals surface area contributed by atoms with Crippen molar-refractivity contribution in [1.82, 2.24) is 20.1 Å². The number of aromatic amines is 1. The second kappa shape index (κ2) is 6.82. The van der Waals surface area contributed by atoms with E-state index in [1.165, 1.54) is 0 Å². The number of carbonyl (C=O) groups excluding carboxylic acids is 2. The van der Waals surface area contributed by atoms with Crippen LogP contribution < -0.4 is 5.32 Å². The molecular weight excluding hydrogens is 306 g/mol. The van der Waals surface area contributed by atoms with E-state index in [1.54, 1.807) is 11.9 Å². The molecule has 3 rings (SSSR count). The number of nitrogens with zero attached hydrogens (tertiary/aromatic N) is 3. The van der Waals surface area contributed by atoms with E-state index in [-0.39, 0.29) is 29.7 Å². The van der Waals surface area contributed by atoms with Gasteiger partial charge in [-0.25, -0.2) is 0 Å². The average Bonchev–Trinajstić information content (AvgIpc) is 3.05. The smallest absolute Gasteiger partial charge is 0.248 e. The number of hydrogen-bond donors (Lipinski definition) is 2. The van der Waals surface area contributed by atoms with Crippen LogP contribution in [0.15, 0.2) is 30.3 Å². The first kappa shape index (κ1) is 16.2. The van der Waals surface area contributed by atoms with E-state index < -0.39 is 0 Å². The molecular formula is C17H21N5O2. The van der Waals surface area contributed by atoms with Gasteiger partial charge in [0.2, 0.25) is 17.8 Å². The predicted molar refractivity (Wildman–Crippen MR) is 89.1 cm³/mol. The first-order valence-electron chi connectivity index (χ1n) is 8.13. The lowest BCUT2D eigenvalue weighted by Gasteiger charge is -2.38. The zero-order valence-corrected chi connectivity index (χ0v) is 13.8. The van der Waals surface area contributed by atoms with Crippen molar-refractivity contribution in [1.29, 1.82) is 0 Å². The Balaban J connectivity index is 1.83. The summed E-state index contributed by atoms with van der Waals surface area (Å²) in [5, 5.41) is 9.56. The van der Waals surface area contributed by atoms with Gasteiger partial charge in [0, 0.05) is 19.9 Å². The highest BCUT2D eigenvalue weighted by atomic mass is 16.2. The maximum absolute atomic E-state index is 12.8. The fraction of sp³-hybridized carbons (Fsp3) is 0.412. The first-order chi connectivity index (χ1) is 11.6. The number of anilines is 1. The molecule has 0 aliphatic carbocycles. The molecule has 1 saturated heterocycles. The Morgan fingerprint density at radius 3 is 2.79 bits per heavy atom. The Kier molecular flexibility index (Phi) is 4.59. The topological polar surface area (TPSA) is 91.0 Å². The maximum Gasteiger partial charge on any atom is 0.248 e. The number of H-pyrrole nitrogens is 1. The second-order valence-corrected chi connectivity index (χ2v) is 5.95. The summed E-state index contributed by atoms with van der Waals surface area (Å²) in [6.45, 7) is 1.96. The molecule has 126 valence electrons. The van der Waals surface area contributed by atoms with Gasteiger partial charge in [-0.05, 0) is 12.0 Å². The van der Waals surface area contributed by atoms with E-state index >= 15 is 0 Å². The molecule has 2 aromatic rings. The summed E-state index contributed by atoms with van der Waals surface area (Å²) < 4.78 is 0. The largest absolute Gasteiger partial charge is 0.338 e. The van der Waals surface area contributed by atoms with E-state index in [1.807, 2.05) is 37.3 Å². The minimum absolute atomic E-state index is 0.0547. The molecule has 0 unspecified atom stereocenters. The summed E-state index contributed by atoms with van der Waals surface area (Å²) in [4.78, 5) is 30.8. The fourth-order valence-corrected chi connectivity index (χ4v) is 3.13. The quantitative estimate of drug-likeness (QED) is 0.897. The number of piperidine rings is 1. The average molecular weight is 327 g/mol. The second-order valence-electron chi connectivity index (χ2n) is 5.95. The number of rotatable bonds is 4. The molecule has 24 heavy (non-hydrogen) atoms. The van der Waals surface area contributed by atoms with Crippen LogP contribution in [0.3, 0.4) is 0 Å². The Bertz CT molecular complexity index is 728. The van der Waals surface area contributed by atoms with Crippen molar-refractivity contribution in [2.45, 2.75) is 32.2 Å². The molecule has 1 aromatic heterocycles. The summed E-state index contributed by atoms with van der Waals surface area (Å²) in [7, 11) is 1.75. The third-order valence-electron chi connectivity index (χ3n) is 4.44. The van der Waals surface area contributed by atoms with Crippen LogP contribution in [0.4, 0.5) is 5.95 Å². The number of aromatic nitrogens is 3.